The van der Waals surface area contributed by atoms with Crippen LogP contribution >= 0.6 is 11.6 Å². The number of carbonyl (C=O) groups is 2. The van der Waals surface area contributed by atoms with Crippen molar-refractivity contribution in [2.45, 2.75) is 39.8 Å². The molecule has 0 bridgehead atoms. The van der Waals surface area contributed by atoms with E-state index in [-0.39, 0.29) is 17.9 Å². The van der Waals surface area contributed by atoms with Crippen LogP contribution in [-0.4, -0.2) is 22.5 Å². The predicted octanol–water partition coefficient (Wildman–Crippen LogP) is 5.02. The Labute approximate surface area is 156 Å². The minimum atomic E-state index is -0.931. The van der Waals surface area contributed by atoms with Gasteiger partial charge in [0.1, 0.15) is 11.4 Å². The standard InChI is InChI=1S/C19H20ClFN2O3/c1-12(24)15-9-10-16(22-17(15)21)23(18(25)26-19(2,3)4)11-13-5-7-14(20)8-6-13/h5-10H,11H2,1-4H3. The number of hydrogen-bond acceptors (Lipinski definition) is 4. The molecule has 0 unspecified atom stereocenters. The Balaban J connectivity index is 2.39. The number of hydrogen-bond donors (Lipinski definition) is 0. The first-order valence-electron chi connectivity index (χ1n) is 7.99. The average molecular weight is 379 g/mol. The zero-order valence-electron chi connectivity index (χ0n) is 15.0. The van der Waals surface area contributed by atoms with Crippen LogP contribution in [0.4, 0.5) is 15.0 Å². The van der Waals surface area contributed by atoms with Crippen LogP contribution in [0.15, 0.2) is 36.4 Å². The number of ether oxygens (including phenoxy) is 1. The Hall–Kier alpha value is -2.47. The summed E-state index contributed by atoms with van der Waals surface area (Å²) in [5, 5.41) is 0.563. The van der Waals surface area contributed by atoms with E-state index in [4.69, 9.17) is 16.3 Å². The Morgan fingerprint density at radius 1 is 1.15 bits per heavy atom. The molecule has 138 valence electrons. The van der Waals surface area contributed by atoms with Crippen LogP contribution in [0, 0.1) is 5.95 Å². The van der Waals surface area contributed by atoms with Crippen LogP contribution in [0.2, 0.25) is 5.02 Å². The van der Waals surface area contributed by atoms with Crippen LogP contribution in [0.5, 0.6) is 0 Å². The topological polar surface area (TPSA) is 59.5 Å². The van der Waals surface area contributed by atoms with Gasteiger partial charge in [0.05, 0.1) is 12.1 Å². The van der Waals surface area contributed by atoms with E-state index >= 15 is 0 Å². The lowest BCUT2D eigenvalue weighted by Crippen LogP contribution is -2.37. The molecule has 1 amide bonds. The summed E-state index contributed by atoms with van der Waals surface area (Å²) >= 11 is 5.88. The number of anilines is 1. The van der Waals surface area contributed by atoms with E-state index < -0.39 is 23.4 Å². The highest BCUT2D eigenvalue weighted by molar-refractivity contribution is 6.30. The van der Waals surface area contributed by atoms with E-state index in [1.807, 2.05) is 0 Å². The van der Waals surface area contributed by atoms with Crippen molar-refractivity contribution in [2.75, 3.05) is 4.90 Å². The lowest BCUT2D eigenvalue weighted by molar-refractivity contribution is 0.0576. The smallest absolute Gasteiger partial charge is 0.416 e. The summed E-state index contributed by atoms with van der Waals surface area (Å²) in [5.41, 5.74) is -0.102. The van der Waals surface area contributed by atoms with Gasteiger partial charge in [-0.05, 0) is 57.5 Å². The van der Waals surface area contributed by atoms with Gasteiger partial charge in [-0.25, -0.2) is 9.78 Å². The van der Waals surface area contributed by atoms with Gasteiger partial charge in [0, 0.05) is 5.02 Å². The first-order valence-corrected chi connectivity index (χ1v) is 8.37. The lowest BCUT2D eigenvalue weighted by Gasteiger charge is -2.27. The molecular formula is C19H20ClFN2O3. The summed E-state index contributed by atoms with van der Waals surface area (Å²) in [6.45, 7) is 6.56. The predicted molar refractivity (Wildman–Crippen MR) is 98.1 cm³/mol. The normalized spacial score (nSPS) is 11.2. The van der Waals surface area contributed by atoms with Gasteiger partial charge in [0.2, 0.25) is 5.95 Å². The molecule has 0 N–H and O–H groups in total. The van der Waals surface area contributed by atoms with Crippen molar-refractivity contribution in [1.29, 1.82) is 0 Å². The van der Waals surface area contributed by atoms with Gasteiger partial charge in [0.25, 0.3) is 0 Å². The molecule has 0 atom stereocenters. The Kier molecular flexibility index (Phi) is 5.97. The molecule has 0 aliphatic heterocycles. The Morgan fingerprint density at radius 3 is 2.27 bits per heavy atom. The third kappa shape index (κ3) is 5.26. The summed E-state index contributed by atoms with van der Waals surface area (Å²) in [4.78, 5) is 29.0. The molecule has 0 aliphatic rings. The second kappa shape index (κ2) is 7.83. The van der Waals surface area contributed by atoms with Gasteiger partial charge < -0.3 is 4.74 Å². The van der Waals surface area contributed by atoms with Crippen LogP contribution < -0.4 is 4.90 Å². The van der Waals surface area contributed by atoms with Crippen molar-refractivity contribution in [3.05, 3.63) is 58.5 Å². The van der Waals surface area contributed by atoms with Crippen molar-refractivity contribution in [1.82, 2.24) is 4.98 Å². The number of carbonyl (C=O) groups excluding carboxylic acids is 2. The molecule has 0 saturated carbocycles. The van der Waals surface area contributed by atoms with Gasteiger partial charge in [0.15, 0.2) is 5.78 Å². The molecule has 0 aliphatic carbocycles. The molecule has 0 spiro atoms. The number of Topliss-reactive ketones (excluding diaryl/α,β-unsaturated/α-hetero) is 1. The van der Waals surface area contributed by atoms with Crippen LogP contribution in [-0.2, 0) is 11.3 Å². The zero-order valence-corrected chi connectivity index (χ0v) is 15.8. The number of halogens is 2. The molecular weight excluding hydrogens is 359 g/mol. The largest absolute Gasteiger partial charge is 0.443 e. The maximum Gasteiger partial charge on any atom is 0.416 e. The number of amides is 1. The van der Waals surface area contributed by atoms with E-state index in [1.165, 1.54) is 24.0 Å². The van der Waals surface area contributed by atoms with Crippen LogP contribution in [0.3, 0.4) is 0 Å². The third-order valence-corrected chi connectivity index (χ3v) is 3.61. The minimum Gasteiger partial charge on any atom is -0.443 e. The molecule has 2 aromatic rings. The first kappa shape index (κ1) is 19.8. The molecule has 1 aromatic carbocycles. The number of benzene rings is 1. The quantitative estimate of drug-likeness (QED) is 0.553. The average Bonchev–Trinajstić information content (AvgIpc) is 2.52. The van der Waals surface area contributed by atoms with E-state index in [9.17, 15) is 14.0 Å². The van der Waals surface area contributed by atoms with E-state index in [1.54, 1.807) is 45.0 Å². The fraction of sp³-hybridized carbons (Fsp3) is 0.316. The van der Waals surface area contributed by atoms with E-state index in [0.29, 0.717) is 5.02 Å². The summed E-state index contributed by atoms with van der Waals surface area (Å²) < 4.78 is 19.5. The van der Waals surface area contributed by atoms with Gasteiger partial charge in [-0.1, -0.05) is 23.7 Å². The van der Waals surface area contributed by atoms with Crippen LogP contribution in [0.1, 0.15) is 43.6 Å². The van der Waals surface area contributed by atoms with Crippen molar-refractivity contribution in [3.8, 4) is 0 Å². The Morgan fingerprint density at radius 2 is 1.77 bits per heavy atom. The molecule has 0 fully saturated rings. The highest BCUT2D eigenvalue weighted by atomic mass is 35.5. The van der Waals surface area contributed by atoms with Gasteiger partial charge in [-0.3, -0.25) is 9.69 Å². The number of rotatable bonds is 4. The molecule has 5 nitrogen and oxygen atoms in total. The number of nitrogens with zero attached hydrogens (tertiary/aromatic N) is 2. The molecule has 1 heterocycles. The third-order valence-electron chi connectivity index (χ3n) is 3.36. The minimum absolute atomic E-state index is 0.0525. The summed E-state index contributed by atoms with van der Waals surface area (Å²) in [6.07, 6.45) is -0.671. The molecule has 0 saturated heterocycles. The first-order chi connectivity index (χ1) is 12.1. The summed E-state index contributed by atoms with van der Waals surface area (Å²) in [6, 6.07) is 9.60. The SMILES string of the molecule is CC(=O)c1ccc(N(Cc2ccc(Cl)cc2)C(=O)OC(C)(C)C)nc1F. The number of pyridine rings is 1. The molecule has 26 heavy (non-hydrogen) atoms. The monoisotopic (exact) mass is 378 g/mol. The molecule has 7 heteroatoms. The lowest BCUT2D eigenvalue weighted by atomic mass is 10.2. The highest BCUT2D eigenvalue weighted by Crippen LogP contribution is 2.21. The van der Waals surface area contributed by atoms with Gasteiger partial charge >= 0.3 is 6.09 Å². The van der Waals surface area contributed by atoms with Gasteiger partial charge in [-0.15, -0.1) is 0 Å². The fourth-order valence-corrected chi connectivity index (χ4v) is 2.29. The van der Waals surface area contributed by atoms with Crippen molar-refractivity contribution < 1.29 is 18.7 Å². The van der Waals surface area contributed by atoms with Crippen LogP contribution in [0.25, 0.3) is 0 Å². The van der Waals surface area contributed by atoms with Crippen molar-refractivity contribution in [3.63, 3.8) is 0 Å². The van der Waals surface area contributed by atoms with Crippen molar-refractivity contribution in [2.24, 2.45) is 0 Å². The summed E-state index contributed by atoms with van der Waals surface area (Å²) in [7, 11) is 0. The second-order valence-electron chi connectivity index (χ2n) is 6.76. The van der Waals surface area contributed by atoms with E-state index in [0.717, 1.165) is 5.56 Å². The maximum absolute atomic E-state index is 14.1. The zero-order chi connectivity index (χ0) is 19.5. The fourth-order valence-electron chi connectivity index (χ4n) is 2.17. The number of aromatic nitrogens is 1. The summed E-state index contributed by atoms with van der Waals surface area (Å²) in [5.74, 6) is -1.32. The second-order valence-corrected chi connectivity index (χ2v) is 7.19. The van der Waals surface area contributed by atoms with Crippen molar-refractivity contribution >= 4 is 29.3 Å². The molecule has 0 radical (unpaired) electrons. The molecule has 1 aromatic heterocycles. The Bertz CT molecular complexity index is 817. The van der Waals surface area contributed by atoms with E-state index in [2.05, 4.69) is 4.98 Å². The highest BCUT2D eigenvalue weighted by Gasteiger charge is 2.25. The maximum atomic E-state index is 14.1. The van der Waals surface area contributed by atoms with Gasteiger partial charge in [-0.2, -0.15) is 4.39 Å². The number of ketones is 1. The molecule has 2 rings (SSSR count).